The lowest BCUT2D eigenvalue weighted by Gasteiger charge is -2.59. The van der Waals surface area contributed by atoms with Gasteiger partial charge in [0.1, 0.15) is 5.82 Å². The summed E-state index contributed by atoms with van der Waals surface area (Å²) in [7, 11) is 0. The number of para-hydroxylation sites is 1. The third kappa shape index (κ3) is 2.86. The normalized spacial score (nSPS) is 35.8. The van der Waals surface area contributed by atoms with E-state index in [-0.39, 0.29) is 5.82 Å². The first-order valence-electron chi connectivity index (χ1n) is 8.86. The van der Waals surface area contributed by atoms with Crippen LogP contribution in [0.5, 0.6) is 0 Å². The summed E-state index contributed by atoms with van der Waals surface area (Å²) in [6, 6.07) is 7.03. The van der Waals surface area contributed by atoms with Crippen LogP contribution in [0.1, 0.15) is 45.4 Å². The van der Waals surface area contributed by atoms with Crippen molar-refractivity contribution in [1.82, 2.24) is 5.32 Å². The first-order valence-corrected chi connectivity index (χ1v) is 9.27. The maximum Gasteiger partial charge on any atom is 0.171 e. The zero-order chi connectivity index (χ0) is 16.0. The lowest BCUT2D eigenvalue weighted by atomic mass is 9.48. The maximum absolute atomic E-state index is 13.8. The molecule has 4 aliphatic rings. The van der Waals surface area contributed by atoms with Crippen LogP contribution in [0.25, 0.3) is 0 Å². The fourth-order valence-corrected chi connectivity index (χ4v) is 6.07. The Morgan fingerprint density at radius 1 is 1.13 bits per heavy atom. The van der Waals surface area contributed by atoms with Crippen molar-refractivity contribution < 1.29 is 4.39 Å². The molecule has 0 spiro atoms. The van der Waals surface area contributed by atoms with Crippen molar-refractivity contribution in [3.8, 4) is 0 Å². The third-order valence-electron chi connectivity index (χ3n) is 6.47. The molecule has 0 radical (unpaired) electrons. The van der Waals surface area contributed by atoms with Crippen LogP contribution in [-0.4, -0.2) is 11.2 Å². The van der Waals surface area contributed by atoms with Gasteiger partial charge in [0.15, 0.2) is 5.11 Å². The number of rotatable bonds is 3. The summed E-state index contributed by atoms with van der Waals surface area (Å²) >= 11 is 5.44. The summed E-state index contributed by atoms with van der Waals surface area (Å²) in [6.45, 7) is 2.27. The summed E-state index contributed by atoms with van der Waals surface area (Å²) < 4.78 is 13.8. The average Bonchev–Trinajstić information content (AvgIpc) is 2.48. The Morgan fingerprint density at radius 2 is 1.70 bits per heavy atom. The highest BCUT2D eigenvalue weighted by molar-refractivity contribution is 7.80. The Kier molecular flexibility index (Phi) is 3.83. The molecular formula is C19H25FN2S. The van der Waals surface area contributed by atoms with Gasteiger partial charge in [0.2, 0.25) is 0 Å². The van der Waals surface area contributed by atoms with Gasteiger partial charge in [-0.1, -0.05) is 12.1 Å². The highest BCUT2D eigenvalue weighted by Crippen LogP contribution is 2.61. The minimum Gasteiger partial charge on any atom is -0.359 e. The van der Waals surface area contributed by atoms with Crippen LogP contribution in [-0.2, 0) is 0 Å². The highest BCUT2D eigenvalue weighted by Gasteiger charge is 2.53. The van der Waals surface area contributed by atoms with Gasteiger partial charge in [-0.2, -0.15) is 0 Å². The molecule has 124 valence electrons. The second-order valence-corrected chi connectivity index (χ2v) is 8.49. The molecule has 0 aromatic heterocycles. The fraction of sp³-hybridized carbons (Fsp3) is 0.632. The lowest BCUT2D eigenvalue weighted by Crippen LogP contribution is -2.56. The third-order valence-corrected chi connectivity index (χ3v) is 6.69. The monoisotopic (exact) mass is 332 g/mol. The van der Waals surface area contributed by atoms with E-state index >= 15 is 0 Å². The number of benzene rings is 1. The van der Waals surface area contributed by atoms with E-state index in [0.717, 1.165) is 17.8 Å². The Balaban J connectivity index is 1.43. The quantitative estimate of drug-likeness (QED) is 0.783. The smallest absolute Gasteiger partial charge is 0.171 e. The molecule has 2 nitrogen and oxygen atoms in total. The molecule has 0 saturated heterocycles. The summed E-state index contributed by atoms with van der Waals surface area (Å²) in [5.74, 6) is 2.52. The molecular weight excluding hydrogens is 307 g/mol. The van der Waals surface area contributed by atoms with Gasteiger partial charge in [0.05, 0.1) is 5.69 Å². The minimum absolute atomic E-state index is 0.265. The van der Waals surface area contributed by atoms with E-state index in [1.165, 1.54) is 44.6 Å². The minimum atomic E-state index is -0.265. The van der Waals surface area contributed by atoms with Crippen molar-refractivity contribution >= 4 is 23.0 Å². The molecule has 4 fully saturated rings. The fourth-order valence-electron chi connectivity index (χ4n) is 5.78. The summed E-state index contributed by atoms with van der Waals surface area (Å²) in [5.41, 5.74) is 0.845. The molecule has 1 atom stereocenters. The van der Waals surface area contributed by atoms with Crippen LogP contribution in [0.2, 0.25) is 0 Å². The molecule has 2 N–H and O–H groups in total. The van der Waals surface area contributed by atoms with Crippen molar-refractivity contribution in [3.05, 3.63) is 30.1 Å². The first-order chi connectivity index (χ1) is 11.0. The van der Waals surface area contributed by atoms with E-state index in [1.807, 2.05) is 6.07 Å². The molecule has 5 rings (SSSR count). The van der Waals surface area contributed by atoms with E-state index in [9.17, 15) is 4.39 Å². The molecule has 4 heteroatoms. The molecule has 4 bridgehead atoms. The molecule has 1 aromatic rings. The topological polar surface area (TPSA) is 24.1 Å². The van der Waals surface area contributed by atoms with Gasteiger partial charge in [-0.3, -0.25) is 0 Å². The van der Waals surface area contributed by atoms with Gasteiger partial charge in [-0.05, 0) is 93.0 Å². The number of halogens is 1. The molecule has 0 aliphatic heterocycles. The van der Waals surface area contributed by atoms with Gasteiger partial charge in [-0.15, -0.1) is 0 Å². The molecule has 1 aromatic carbocycles. The van der Waals surface area contributed by atoms with Gasteiger partial charge in [0, 0.05) is 6.04 Å². The van der Waals surface area contributed by atoms with E-state index in [2.05, 4.69) is 17.6 Å². The van der Waals surface area contributed by atoms with Crippen LogP contribution in [0.3, 0.4) is 0 Å². The summed E-state index contributed by atoms with van der Waals surface area (Å²) in [5, 5.41) is 7.02. The molecule has 4 saturated carbocycles. The van der Waals surface area contributed by atoms with Crippen molar-refractivity contribution in [1.29, 1.82) is 0 Å². The predicted molar refractivity (Wildman–Crippen MR) is 95.8 cm³/mol. The van der Waals surface area contributed by atoms with E-state index < -0.39 is 0 Å². The number of anilines is 1. The van der Waals surface area contributed by atoms with Crippen LogP contribution in [0, 0.1) is 29.0 Å². The SMILES string of the molecule is CC(NC(=S)Nc1ccccc1F)C12CC3CC(CC(C3)C1)C2. The van der Waals surface area contributed by atoms with Crippen molar-refractivity contribution in [3.63, 3.8) is 0 Å². The maximum atomic E-state index is 13.8. The van der Waals surface area contributed by atoms with Gasteiger partial charge in [0.25, 0.3) is 0 Å². The zero-order valence-corrected chi connectivity index (χ0v) is 14.5. The zero-order valence-electron chi connectivity index (χ0n) is 13.6. The van der Waals surface area contributed by atoms with Crippen LogP contribution >= 0.6 is 12.2 Å². The number of hydrogen-bond donors (Lipinski definition) is 2. The number of hydrogen-bond acceptors (Lipinski definition) is 1. The Morgan fingerprint density at radius 3 is 2.26 bits per heavy atom. The molecule has 1 unspecified atom stereocenters. The second kappa shape index (κ2) is 5.73. The van der Waals surface area contributed by atoms with Gasteiger partial charge >= 0.3 is 0 Å². The van der Waals surface area contributed by atoms with Gasteiger partial charge < -0.3 is 10.6 Å². The second-order valence-electron chi connectivity index (χ2n) is 8.08. The largest absolute Gasteiger partial charge is 0.359 e. The summed E-state index contributed by atoms with van der Waals surface area (Å²) in [6.07, 6.45) is 8.37. The van der Waals surface area contributed by atoms with E-state index in [1.54, 1.807) is 12.1 Å². The van der Waals surface area contributed by atoms with Crippen molar-refractivity contribution in [2.75, 3.05) is 5.32 Å². The summed E-state index contributed by atoms with van der Waals surface area (Å²) in [4.78, 5) is 0. The lowest BCUT2D eigenvalue weighted by molar-refractivity contribution is -0.0671. The van der Waals surface area contributed by atoms with Crippen LogP contribution in [0.15, 0.2) is 24.3 Å². The standard InChI is InChI=1S/C19H25FN2S/c1-12(21-18(23)22-17-5-3-2-4-16(17)20)19-9-13-6-14(10-19)8-15(7-13)11-19/h2-5,12-15H,6-11H2,1H3,(H2,21,22,23). The van der Waals surface area contributed by atoms with Crippen LogP contribution < -0.4 is 10.6 Å². The van der Waals surface area contributed by atoms with E-state index in [0.29, 0.717) is 22.3 Å². The molecule has 23 heavy (non-hydrogen) atoms. The number of thiocarbonyl (C=S) groups is 1. The molecule has 0 amide bonds. The Hall–Kier alpha value is -1.16. The predicted octanol–water partition coefficient (Wildman–Crippen LogP) is 4.72. The number of nitrogens with one attached hydrogen (secondary N) is 2. The Bertz CT molecular complexity index is 580. The van der Waals surface area contributed by atoms with Crippen molar-refractivity contribution in [2.24, 2.45) is 23.2 Å². The molecule has 0 heterocycles. The van der Waals surface area contributed by atoms with E-state index in [4.69, 9.17) is 12.2 Å². The van der Waals surface area contributed by atoms with Gasteiger partial charge in [-0.25, -0.2) is 4.39 Å². The van der Waals surface area contributed by atoms with Crippen LogP contribution in [0.4, 0.5) is 10.1 Å². The first kappa shape index (κ1) is 15.4. The van der Waals surface area contributed by atoms with Crippen molar-refractivity contribution in [2.45, 2.75) is 51.5 Å². The molecule has 4 aliphatic carbocycles. The highest BCUT2D eigenvalue weighted by atomic mass is 32.1. The average molecular weight is 332 g/mol. The Labute approximate surface area is 143 Å².